The summed E-state index contributed by atoms with van der Waals surface area (Å²) in [5, 5.41) is 2.71. The first-order valence-corrected chi connectivity index (χ1v) is 7.35. The largest absolute Gasteiger partial charge is 0.339 e. The first kappa shape index (κ1) is 18.5. The predicted molar refractivity (Wildman–Crippen MR) is 90.0 cm³/mol. The van der Waals surface area contributed by atoms with Gasteiger partial charge in [0.1, 0.15) is 0 Å². The highest BCUT2D eigenvalue weighted by Crippen LogP contribution is 2.23. The molecule has 6 heteroatoms. The molecule has 2 amide bonds. The average molecular weight is 326 g/mol. The first-order chi connectivity index (χ1) is 9.99. The van der Waals surface area contributed by atoms with Gasteiger partial charge >= 0.3 is 0 Å². The number of anilines is 1. The van der Waals surface area contributed by atoms with Gasteiger partial charge in [-0.05, 0) is 43.5 Å². The maximum atomic E-state index is 12.4. The van der Waals surface area contributed by atoms with Gasteiger partial charge in [0.05, 0.1) is 6.42 Å². The van der Waals surface area contributed by atoms with E-state index >= 15 is 0 Å². The van der Waals surface area contributed by atoms with Crippen molar-refractivity contribution in [3.05, 3.63) is 29.8 Å². The highest BCUT2D eigenvalue weighted by molar-refractivity contribution is 5.88. The summed E-state index contributed by atoms with van der Waals surface area (Å²) in [4.78, 5) is 25.3. The minimum atomic E-state index is -0.0995. The smallest absolute Gasteiger partial charge is 0.227 e. The second-order valence-electron chi connectivity index (χ2n) is 5.79. The lowest BCUT2D eigenvalue weighted by Gasteiger charge is -2.21. The highest BCUT2D eigenvalue weighted by Gasteiger charge is 2.31. The molecule has 1 heterocycles. The highest BCUT2D eigenvalue weighted by atomic mass is 35.5. The summed E-state index contributed by atoms with van der Waals surface area (Å²) in [5.74, 6) is 0.467. The number of benzene rings is 1. The number of halogens is 1. The van der Waals surface area contributed by atoms with Crippen molar-refractivity contribution in [2.75, 3.05) is 18.4 Å². The lowest BCUT2D eigenvalue weighted by Crippen LogP contribution is -2.35. The van der Waals surface area contributed by atoms with Gasteiger partial charge in [0.2, 0.25) is 11.8 Å². The number of nitrogens with two attached hydrogens (primary N) is 1. The molecular weight excluding hydrogens is 302 g/mol. The molecule has 0 aliphatic carbocycles. The average Bonchev–Trinajstić information content (AvgIpc) is 2.82. The normalized spacial score (nSPS) is 20.4. The number of carbonyl (C=O) groups excluding carboxylic acids is 2. The molecule has 1 aromatic carbocycles. The fourth-order valence-electron chi connectivity index (χ4n) is 2.85. The SMILES string of the molecule is CC(=O)Nc1ccc(CC(=O)N2CC(CN)CC2C)cc1.Cl. The summed E-state index contributed by atoms with van der Waals surface area (Å²) >= 11 is 0. The minimum Gasteiger partial charge on any atom is -0.339 e. The van der Waals surface area contributed by atoms with E-state index < -0.39 is 0 Å². The van der Waals surface area contributed by atoms with Gasteiger partial charge in [0.25, 0.3) is 0 Å². The third-order valence-corrected chi connectivity index (χ3v) is 3.94. The van der Waals surface area contributed by atoms with Gasteiger partial charge < -0.3 is 16.0 Å². The molecule has 0 bridgehead atoms. The topological polar surface area (TPSA) is 75.4 Å². The number of hydrogen-bond donors (Lipinski definition) is 2. The zero-order valence-corrected chi connectivity index (χ0v) is 13.9. The molecule has 1 aromatic rings. The Kier molecular flexibility index (Phi) is 6.84. The fraction of sp³-hybridized carbons (Fsp3) is 0.500. The molecule has 0 radical (unpaired) electrons. The molecule has 1 saturated heterocycles. The summed E-state index contributed by atoms with van der Waals surface area (Å²) in [5.41, 5.74) is 7.40. The quantitative estimate of drug-likeness (QED) is 0.886. The van der Waals surface area contributed by atoms with Crippen LogP contribution in [-0.4, -0.2) is 35.8 Å². The standard InChI is InChI=1S/C16H23N3O2.ClH/c1-11-7-14(9-17)10-19(11)16(21)8-13-3-5-15(6-4-13)18-12(2)20;/h3-6,11,14H,7-10,17H2,1-2H3,(H,18,20);1H. The lowest BCUT2D eigenvalue weighted by molar-refractivity contribution is -0.131. The molecule has 5 nitrogen and oxygen atoms in total. The third kappa shape index (κ3) is 4.71. The van der Waals surface area contributed by atoms with Crippen LogP contribution in [0.15, 0.2) is 24.3 Å². The number of hydrogen-bond acceptors (Lipinski definition) is 3. The molecule has 22 heavy (non-hydrogen) atoms. The number of likely N-dealkylation sites (tertiary alicyclic amines) is 1. The number of rotatable bonds is 4. The third-order valence-electron chi connectivity index (χ3n) is 3.94. The zero-order chi connectivity index (χ0) is 15.4. The van der Waals surface area contributed by atoms with Crippen molar-refractivity contribution in [2.24, 2.45) is 11.7 Å². The molecule has 2 atom stereocenters. The number of carbonyl (C=O) groups is 2. The second-order valence-corrected chi connectivity index (χ2v) is 5.79. The van der Waals surface area contributed by atoms with Gasteiger partial charge in [0.15, 0.2) is 0 Å². The van der Waals surface area contributed by atoms with E-state index in [1.54, 1.807) is 0 Å². The summed E-state index contributed by atoms with van der Waals surface area (Å²) in [6.07, 6.45) is 1.38. The number of nitrogens with zero attached hydrogens (tertiary/aromatic N) is 1. The molecular formula is C16H24ClN3O2. The van der Waals surface area contributed by atoms with Crippen LogP contribution in [0.25, 0.3) is 0 Å². The Morgan fingerprint density at radius 2 is 1.95 bits per heavy atom. The predicted octanol–water partition coefficient (Wildman–Crippen LogP) is 1.80. The Labute approximate surface area is 137 Å². The van der Waals surface area contributed by atoms with E-state index in [2.05, 4.69) is 12.2 Å². The van der Waals surface area contributed by atoms with E-state index in [4.69, 9.17) is 5.73 Å². The van der Waals surface area contributed by atoms with Crippen molar-refractivity contribution in [1.82, 2.24) is 4.90 Å². The van der Waals surface area contributed by atoms with Crippen LogP contribution in [0.5, 0.6) is 0 Å². The van der Waals surface area contributed by atoms with Crippen LogP contribution in [0.1, 0.15) is 25.8 Å². The summed E-state index contributed by atoms with van der Waals surface area (Å²) < 4.78 is 0. The second kappa shape index (κ2) is 8.15. The molecule has 2 unspecified atom stereocenters. The molecule has 3 N–H and O–H groups in total. The monoisotopic (exact) mass is 325 g/mol. The molecule has 1 fully saturated rings. The van der Waals surface area contributed by atoms with E-state index in [9.17, 15) is 9.59 Å². The van der Waals surface area contributed by atoms with Crippen molar-refractivity contribution in [3.8, 4) is 0 Å². The molecule has 2 rings (SSSR count). The van der Waals surface area contributed by atoms with Gasteiger partial charge in [-0.2, -0.15) is 0 Å². The van der Waals surface area contributed by atoms with Crippen molar-refractivity contribution < 1.29 is 9.59 Å². The van der Waals surface area contributed by atoms with E-state index in [0.29, 0.717) is 18.9 Å². The van der Waals surface area contributed by atoms with E-state index in [1.165, 1.54) is 6.92 Å². The van der Waals surface area contributed by atoms with Crippen LogP contribution in [-0.2, 0) is 16.0 Å². The number of amides is 2. The van der Waals surface area contributed by atoms with Gasteiger partial charge in [-0.15, -0.1) is 12.4 Å². The van der Waals surface area contributed by atoms with Crippen molar-refractivity contribution in [2.45, 2.75) is 32.7 Å². The van der Waals surface area contributed by atoms with Gasteiger partial charge in [0, 0.05) is 25.2 Å². The Morgan fingerprint density at radius 1 is 1.32 bits per heavy atom. The summed E-state index contributed by atoms with van der Waals surface area (Å²) in [6.45, 7) is 4.95. The van der Waals surface area contributed by atoms with Crippen molar-refractivity contribution in [3.63, 3.8) is 0 Å². The minimum absolute atomic E-state index is 0. The van der Waals surface area contributed by atoms with E-state index in [-0.39, 0.29) is 30.3 Å². The van der Waals surface area contributed by atoms with Crippen LogP contribution in [0, 0.1) is 5.92 Å². The molecule has 0 aromatic heterocycles. The zero-order valence-electron chi connectivity index (χ0n) is 13.0. The van der Waals surface area contributed by atoms with Gasteiger partial charge in [-0.1, -0.05) is 12.1 Å². The maximum absolute atomic E-state index is 12.4. The van der Waals surface area contributed by atoms with E-state index in [1.807, 2.05) is 29.2 Å². The van der Waals surface area contributed by atoms with Gasteiger partial charge in [-0.3, -0.25) is 9.59 Å². The Balaban J connectivity index is 0.00000242. The van der Waals surface area contributed by atoms with Crippen molar-refractivity contribution >= 4 is 29.9 Å². The van der Waals surface area contributed by atoms with Gasteiger partial charge in [-0.25, -0.2) is 0 Å². The molecule has 122 valence electrons. The molecule has 0 spiro atoms. The van der Waals surface area contributed by atoms with E-state index in [0.717, 1.165) is 24.2 Å². The maximum Gasteiger partial charge on any atom is 0.227 e. The molecule has 1 aliphatic heterocycles. The molecule has 0 saturated carbocycles. The summed E-state index contributed by atoms with van der Waals surface area (Å²) in [6, 6.07) is 7.67. The Bertz CT molecular complexity index is 519. The molecule has 1 aliphatic rings. The Hall–Kier alpha value is -1.59. The Morgan fingerprint density at radius 3 is 2.45 bits per heavy atom. The lowest BCUT2D eigenvalue weighted by atomic mass is 10.1. The fourth-order valence-corrected chi connectivity index (χ4v) is 2.85. The van der Waals surface area contributed by atoms with Crippen LogP contribution < -0.4 is 11.1 Å². The van der Waals surface area contributed by atoms with Crippen LogP contribution in [0.4, 0.5) is 5.69 Å². The summed E-state index contributed by atoms with van der Waals surface area (Å²) in [7, 11) is 0. The van der Waals surface area contributed by atoms with Crippen LogP contribution >= 0.6 is 12.4 Å². The first-order valence-electron chi connectivity index (χ1n) is 7.35. The van der Waals surface area contributed by atoms with Crippen LogP contribution in [0.2, 0.25) is 0 Å². The van der Waals surface area contributed by atoms with Crippen LogP contribution in [0.3, 0.4) is 0 Å². The van der Waals surface area contributed by atoms with Crippen molar-refractivity contribution in [1.29, 1.82) is 0 Å². The number of nitrogens with one attached hydrogen (secondary N) is 1.